The van der Waals surface area contributed by atoms with Gasteiger partial charge in [0.15, 0.2) is 6.04 Å². The lowest BCUT2D eigenvalue weighted by atomic mass is 9.86. The van der Waals surface area contributed by atoms with Crippen molar-refractivity contribution < 1.29 is 19.8 Å². The van der Waals surface area contributed by atoms with Gasteiger partial charge in [-0.1, -0.05) is 19.8 Å². The van der Waals surface area contributed by atoms with Crippen LogP contribution in [0.25, 0.3) is 0 Å². The lowest BCUT2D eigenvalue weighted by molar-refractivity contribution is -0.140. The second kappa shape index (κ2) is 6.44. The maximum Gasteiger partial charge on any atom is 0.328 e. The van der Waals surface area contributed by atoms with Gasteiger partial charge in [0.1, 0.15) is 0 Å². The van der Waals surface area contributed by atoms with E-state index >= 15 is 0 Å². The summed E-state index contributed by atoms with van der Waals surface area (Å²) in [4.78, 5) is 22.2. The molecule has 6 heteroatoms. The summed E-state index contributed by atoms with van der Waals surface area (Å²) < 4.78 is 0. The zero-order valence-corrected chi connectivity index (χ0v) is 9.98. The van der Waals surface area contributed by atoms with E-state index in [1.54, 1.807) is 0 Å². The number of carbonyl (C=O) groups is 2. The Bertz CT molecular complexity index is 283. The predicted octanol–water partition coefficient (Wildman–Crippen LogP) is 0.310. The zero-order chi connectivity index (χ0) is 12.8. The van der Waals surface area contributed by atoms with E-state index in [-0.39, 0.29) is 6.04 Å². The first-order valence-corrected chi connectivity index (χ1v) is 5.95. The van der Waals surface area contributed by atoms with Crippen LogP contribution in [0.5, 0.6) is 0 Å². The summed E-state index contributed by atoms with van der Waals surface area (Å²) in [6, 6.07) is -1.67. The first kappa shape index (κ1) is 13.8. The minimum Gasteiger partial charge on any atom is -0.480 e. The Kier molecular flexibility index (Phi) is 5.21. The van der Waals surface area contributed by atoms with Gasteiger partial charge in [0.05, 0.1) is 6.61 Å². The predicted molar refractivity (Wildman–Crippen MR) is 61.6 cm³/mol. The number of hydrogen-bond donors (Lipinski definition) is 4. The molecule has 0 bridgehead atoms. The Morgan fingerprint density at radius 3 is 2.53 bits per heavy atom. The van der Waals surface area contributed by atoms with Crippen LogP contribution in [-0.2, 0) is 4.79 Å². The molecule has 1 aliphatic rings. The fraction of sp³-hybridized carbons (Fsp3) is 0.818. The van der Waals surface area contributed by atoms with Crippen molar-refractivity contribution in [1.29, 1.82) is 0 Å². The van der Waals surface area contributed by atoms with Gasteiger partial charge < -0.3 is 20.8 Å². The average molecular weight is 244 g/mol. The van der Waals surface area contributed by atoms with E-state index in [0.29, 0.717) is 5.92 Å². The van der Waals surface area contributed by atoms with Gasteiger partial charge in [-0.25, -0.2) is 9.59 Å². The maximum absolute atomic E-state index is 11.5. The molecule has 98 valence electrons. The van der Waals surface area contributed by atoms with Gasteiger partial charge in [-0.2, -0.15) is 0 Å². The second-order valence-corrected chi connectivity index (χ2v) is 4.56. The van der Waals surface area contributed by atoms with E-state index in [4.69, 9.17) is 10.2 Å². The van der Waals surface area contributed by atoms with Crippen molar-refractivity contribution in [3.8, 4) is 0 Å². The van der Waals surface area contributed by atoms with Crippen LogP contribution in [0.4, 0.5) is 4.79 Å². The van der Waals surface area contributed by atoms with Crippen molar-refractivity contribution >= 4 is 12.0 Å². The molecule has 0 aliphatic heterocycles. The lowest BCUT2D eigenvalue weighted by Crippen LogP contribution is -2.52. The molecule has 2 amide bonds. The summed E-state index contributed by atoms with van der Waals surface area (Å²) in [5, 5.41) is 22.5. The van der Waals surface area contributed by atoms with E-state index in [2.05, 4.69) is 17.6 Å². The highest BCUT2D eigenvalue weighted by molar-refractivity contribution is 5.82. The van der Waals surface area contributed by atoms with Gasteiger partial charge in [-0.05, 0) is 18.8 Å². The highest BCUT2D eigenvalue weighted by Crippen LogP contribution is 2.23. The Morgan fingerprint density at radius 2 is 2.00 bits per heavy atom. The molecule has 2 unspecified atom stereocenters. The quantitative estimate of drug-likeness (QED) is 0.572. The Morgan fingerprint density at radius 1 is 1.35 bits per heavy atom. The topological polar surface area (TPSA) is 98.7 Å². The third kappa shape index (κ3) is 4.22. The molecular formula is C11H20N2O4. The van der Waals surface area contributed by atoms with E-state index in [9.17, 15) is 9.59 Å². The number of urea groups is 1. The third-order valence-corrected chi connectivity index (χ3v) is 3.21. The molecule has 3 atom stereocenters. The number of amides is 2. The Hall–Kier alpha value is -1.30. The van der Waals surface area contributed by atoms with Crippen molar-refractivity contribution in [3.05, 3.63) is 0 Å². The molecule has 4 N–H and O–H groups in total. The van der Waals surface area contributed by atoms with Crippen LogP contribution in [-0.4, -0.2) is 40.9 Å². The van der Waals surface area contributed by atoms with Crippen LogP contribution in [0.15, 0.2) is 0 Å². The third-order valence-electron chi connectivity index (χ3n) is 3.21. The van der Waals surface area contributed by atoms with Crippen molar-refractivity contribution in [3.63, 3.8) is 0 Å². The number of aliphatic carboxylic acids is 1. The molecule has 17 heavy (non-hydrogen) atoms. The molecule has 1 fully saturated rings. The molecule has 0 aromatic carbocycles. The molecule has 0 spiro atoms. The lowest BCUT2D eigenvalue weighted by Gasteiger charge is -2.29. The van der Waals surface area contributed by atoms with Gasteiger partial charge >= 0.3 is 12.0 Å². The summed E-state index contributed by atoms with van der Waals surface area (Å²) in [7, 11) is 0. The van der Waals surface area contributed by atoms with Gasteiger partial charge in [0, 0.05) is 6.04 Å². The summed E-state index contributed by atoms with van der Waals surface area (Å²) in [6.45, 7) is 1.47. The molecule has 0 saturated heterocycles. The standard InChI is InChI=1S/C11H20N2O4/c1-7-4-2-3-5-8(7)12-11(17)13-9(6-14)10(15)16/h7-9,14H,2-6H2,1H3,(H,15,16)(H2,12,13,17)/t7?,8?,9-/m1/s1. The number of nitrogens with one attached hydrogen (secondary N) is 2. The number of carboxylic acids is 1. The number of carbonyl (C=O) groups excluding carboxylic acids is 1. The zero-order valence-electron chi connectivity index (χ0n) is 9.98. The molecule has 0 heterocycles. The van der Waals surface area contributed by atoms with Crippen LogP contribution in [0.3, 0.4) is 0 Å². The first-order chi connectivity index (χ1) is 8.04. The fourth-order valence-corrected chi connectivity index (χ4v) is 2.08. The van der Waals surface area contributed by atoms with E-state index in [0.717, 1.165) is 19.3 Å². The van der Waals surface area contributed by atoms with Gasteiger partial charge in [-0.3, -0.25) is 0 Å². The van der Waals surface area contributed by atoms with Crippen molar-refractivity contribution in [1.82, 2.24) is 10.6 Å². The van der Waals surface area contributed by atoms with Crippen molar-refractivity contribution in [2.45, 2.75) is 44.7 Å². The van der Waals surface area contributed by atoms with Crippen LogP contribution < -0.4 is 10.6 Å². The average Bonchev–Trinajstić information content (AvgIpc) is 2.28. The number of hydrogen-bond acceptors (Lipinski definition) is 3. The summed E-state index contributed by atoms with van der Waals surface area (Å²) in [5.41, 5.74) is 0. The summed E-state index contributed by atoms with van der Waals surface area (Å²) >= 11 is 0. The van der Waals surface area contributed by atoms with Crippen LogP contribution in [0, 0.1) is 5.92 Å². The van der Waals surface area contributed by atoms with E-state index in [1.165, 1.54) is 6.42 Å². The molecule has 1 aliphatic carbocycles. The van der Waals surface area contributed by atoms with E-state index < -0.39 is 24.6 Å². The van der Waals surface area contributed by atoms with Crippen LogP contribution in [0.1, 0.15) is 32.6 Å². The summed E-state index contributed by atoms with van der Waals surface area (Å²) in [5.74, 6) is -0.828. The molecule has 0 radical (unpaired) electrons. The molecule has 0 aromatic rings. The molecule has 6 nitrogen and oxygen atoms in total. The molecule has 1 saturated carbocycles. The van der Waals surface area contributed by atoms with Crippen LogP contribution >= 0.6 is 0 Å². The van der Waals surface area contributed by atoms with Crippen molar-refractivity contribution in [2.75, 3.05) is 6.61 Å². The number of rotatable bonds is 4. The largest absolute Gasteiger partial charge is 0.480 e. The van der Waals surface area contributed by atoms with Crippen molar-refractivity contribution in [2.24, 2.45) is 5.92 Å². The fourth-order valence-electron chi connectivity index (χ4n) is 2.08. The van der Waals surface area contributed by atoms with Gasteiger partial charge in [0.25, 0.3) is 0 Å². The Balaban J connectivity index is 2.40. The molecular weight excluding hydrogens is 224 g/mol. The van der Waals surface area contributed by atoms with Gasteiger partial charge in [0.2, 0.25) is 0 Å². The summed E-state index contributed by atoms with van der Waals surface area (Å²) in [6.07, 6.45) is 4.26. The first-order valence-electron chi connectivity index (χ1n) is 5.95. The molecule has 1 rings (SSSR count). The highest BCUT2D eigenvalue weighted by Gasteiger charge is 2.25. The minimum absolute atomic E-state index is 0.0943. The second-order valence-electron chi connectivity index (χ2n) is 4.56. The van der Waals surface area contributed by atoms with Gasteiger partial charge in [-0.15, -0.1) is 0 Å². The number of aliphatic hydroxyl groups is 1. The van der Waals surface area contributed by atoms with Crippen LogP contribution in [0.2, 0.25) is 0 Å². The number of carboxylic acid groups (broad SMARTS) is 1. The monoisotopic (exact) mass is 244 g/mol. The Labute approximate surface area is 100 Å². The highest BCUT2D eigenvalue weighted by atomic mass is 16.4. The molecule has 0 aromatic heterocycles. The minimum atomic E-state index is -1.24. The smallest absolute Gasteiger partial charge is 0.328 e. The maximum atomic E-state index is 11.5. The normalized spacial score (nSPS) is 26.0. The SMILES string of the molecule is CC1CCCCC1NC(=O)N[C@H](CO)C(=O)O. The van der Waals surface area contributed by atoms with E-state index in [1.807, 2.05) is 0 Å². The number of aliphatic hydroxyl groups excluding tert-OH is 1.